The summed E-state index contributed by atoms with van der Waals surface area (Å²) in [5, 5.41) is 0.569. The second-order valence-electron chi connectivity index (χ2n) is 15.7. The van der Waals surface area contributed by atoms with Gasteiger partial charge in [-0.05, 0) is 126 Å². The maximum absolute atomic E-state index is 5.15. The minimum atomic E-state index is 0.354. The molecule has 0 heterocycles. The van der Waals surface area contributed by atoms with Gasteiger partial charge in [0.1, 0.15) is 0 Å². The van der Waals surface area contributed by atoms with E-state index in [1.165, 1.54) is 57.8 Å². The van der Waals surface area contributed by atoms with E-state index in [1.54, 1.807) is 0 Å². The highest BCUT2D eigenvalue weighted by Gasteiger charge is 2.70. The Morgan fingerprint density at radius 3 is 2.06 bits per heavy atom. The Labute approximate surface area is 206 Å². The third kappa shape index (κ3) is 2.82. The van der Waals surface area contributed by atoms with E-state index in [9.17, 15) is 0 Å². The average molecular weight is 459 g/mol. The molecule has 5 fully saturated rings. The first kappa shape index (κ1) is 24.1. The van der Waals surface area contributed by atoms with Gasteiger partial charge in [0.05, 0.1) is 0 Å². The van der Waals surface area contributed by atoms with Crippen LogP contribution in [0.1, 0.15) is 120 Å². The Kier molecular flexibility index (Phi) is 5.41. The minimum absolute atomic E-state index is 0.354. The first-order chi connectivity index (χ1) is 14.7. The quantitative estimate of drug-likeness (QED) is 0.343. The molecule has 0 aromatic rings. The van der Waals surface area contributed by atoms with Crippen LogP contribution in [0.4, 0.5) is 0 Å². The fourth-order valence-corrected chi connectivity index (χ4v) is 12.8. The van der Waals surface area contributed by atoms with Gasteiger partial charge in [0.25, 0.3) is 0 Å². The molecule has 12 atom stereocenters. The van der Waals surface area contributed by atoms with Gasteiger partial charge < -0.3 is 0 Å². The molecule has 1 heteroatoms. The summed E-state index contributed by atoms with van der Waals surface area (Å²) in [7, 11) is 0. The molecular formula is C31H54S. The monoisotopic (exact) mass is 458 g/mol. The van der Waals surface area contributed by atoms with E-state index in [0.29, 0.717) is 32.3 Å². The van der Waals surface area contributed by atoms with Crippen LogP contribution < -0.4 is 0 Å². The third-order valence-electron chi connectivity index (χ3n) is 14.2. The molecule has 0 radical (unpaired) electrons. The lowest BCUT2D eigenvalue weighted by atomic mass is 9.30. The first-order valence-electron chi connectivity index (χ1n) is 14.4. The minimum Gasteiger partial charge on any atom is -0.175 e. The summed E-state index contributed by atoms with van der Waals surface area (Å²) in [4.78, 5) is 0. The van der Waals surface area contributed by atoms with Crippen molar-refractivity contribution in [3.8, 4) is 0 Å². The molecule has 0 amide bonds. The van der Waals surface area contributed by atoms with Gasteiger partial charge in [-0.2, -0.15) is 12.6 Å². The molecule has 32 heavy (non-hydrogen) atoms. The van der Waals surface area contributed by atoms with Crippen molar-refractivity contribution in [1.82, 2.24) is 0 Å². The van der Waals surface area contributed by atoms with E-state index in [1.807, 2.05) is 0 Å². The zero-order chi connectivity index (χ0) is 23.5. The molecular weight excluding hydrogens is 404 g/mol. The fourth-order valence-electron chi connectivity index (χ4n) is 12.5. The molecule has 0 saturated heterocycles. The topological polar surface area (TPSA) is 0 Å². The summed E-state index contributed by atoms with van der Waals surface area (Å²) in [6.45, 7) is 24.0. The molecule has 0 aromatic carbocycles. The van der Waals surface area contributed by atoms with Crippen molar-refractivity contribution in [1.29, 1.82) is 0 Å². The summed E-state index contributed by atoms with van der Waals surface area (Å²) in [6.07, 6.45) is 13.1. The molecule has 0 spiro atoms. The highest BCUT2D eigenvalue weighted by molar-refractivity contribution is 7.81. The Hall–Kier alpha value is 0.350. The van der Waals surface area contributed by atoms with Crippen molar-refractivity contribution in [3.63, 3.8) is 0 Å². The van der Waals surface area contributed by atoms with Crippen molar-refractivity contribution in [2.45, 2.75) is 125 Å². The maximum atomic E-state index is 5.15. The lowest BCUT2D eigenvalue weighted by molar-refractivity contribution is -0.258. The van der Waals surface area contributed by atoms with E-state index in [2.05, 4.69) is 62.3 Å². The largest absolute Gasteiger partial charge is 0.175 e. The highest BCUT2D eigenvalue weighted by atomic mass is 32.1. The first-order valence-corrected chi connectivity index (χ1v) is 14.9. The van der Waals surface area contributed by atoms with Crippen molar-refractivity contribution >= 4 is 12.6 Å². The zero-order valence-electron chi connectivity index (χ0n) is 22.9. The summed E-state index contributed by atoms with van der Waals surface area (Å²) >= 11 is 5.15. The SMILES string of the molecule is CC1C[C@]2(C)[C@H](CC[C@@H]3[C@@H]4[C@@H](C)[C@H](C)CC[C@]4(C)CC[C@]32C)[C@@]2(C)CCC(S)C(C)(C)[C@H]12. The number of hydrogen-bond donors (Lipinski definition) is 1. The lowest BCUT2D eigenvalue weighted by Gasteiger charge is -2.75. The van der Waals surface area contributed by atoms with E-state index in [-0.39, 0.29) is 0 Å². The predicted molar refractivity (Wildman–Crippen MR) is 142 cm³/mol. The van der Waals surface area contributed by atoms with Crippen molar-refractivity contribution in [2.75, 3.05) is 0 Å². The summed E-state index contributed by atoms with van der Waals surface area (Å²) in [5.41, 5.74) is 2.48. The normalized spacial score (nSPS) is 61.7. The second kappa shape index (κ2) is 7.20. The van der Waals surface area contributed by atoms with Crippen molar-refractivity contribution in [3.05, 3.63) is 0 Å². The van der Waals surface area contributed by atoms with Crippen LogP contribution in [0.5, 0.6) is 0 Å². The molecule has 0 aromatic heterocycles. The summed E-state index contributed by atoms with van der Waals surface area (Å²) in [6, 6.07) is 0. The van der Waals surface area contributed by atoms with Crippen LogP contribution in [0.2, 0.25) is 0 Å². The molecule has 5 rings (SSSR count). The van der Waals surface area contributed by atoms with Crippen LogP contribution in [0.25, 0.3) is 0 Å². The van der Waals surface area contributed by atoms with E-state index in [4.69, 9.17) is 12.6 Å². The molecule has 2 unspecified atom stereocenters. The van der Waals surface area contributed by atoms with Crippen LogP contribution in [0.15, 0.2) is 0 Å². The third-order valence-corrected chi connectivity index (χ3v) is 15.1. The van der Waals surface area contributed by atoms with E-state index < -0.39 is 0 Å². The smallest absolute Gasteiger partial charge is 0.00711 e. The van der Waals surface area contributed by atoms with Crippen LogP contribution >= 0.6 is 12.6 Å². The number of rotatable bonds is 0. The summed E-state index contributed by atoms with van der Waals surface area (Å²) in [5.74, 6) is 6.26. The van der Waals surface area contributed by atoms with Gasteiger partial charge in [0.15, 0.2) is 0 Å². The molecule has 0 N–H and O–H groups in total. The summed E-state index contributed by atoms with van der Waals surface area (Å²) < 4.78 is 0. The predicted octanol–water partition coefficient (Wildman–Crippen LogP) is 9.29. The number of thiol groups is 1. The fraction of sp³-hybridized carbons (Fsp3) is 1.00. The Balaban J connectivity index is 1.57. The molecule has 5 saturated carbocycles. The molecule has 184 valence electrons. The molecule has 5 aliphatic rings. The highest BCUT2D eigenvalue weighted by Crippen LogP contribution is 2.77. The van der Waals surface area contributed by atoms with Crippen molar-refractivity contribution in [2.24, 2.45) is 68.5 Å². The van der Waals surface area contributed by atoms with E-state index >= 15 is 0 Å². The van der Waals surface area contributed by atoms with Crippen LogP contribution in [-0.4, -0.2) is 5.25 Å². The average Bonchev–Trinajstić information content (AvgIpc) is 2.69. The zero-order valence-corrected chi connectivity index (χ0v) is 23.8. The standard InChI is InChI=1S/C31H54S/c1-19-12-14-28(6)16-17-30(8)22(25(28)21(19)3)10-11-23-29(7)15-13-24(32)27(4,5)26(29)20(2)18-31(23,30)9/h19-26,32H,10-18H2,1-9H3/t19-,20?,21+,22-,23-,24?,25+,26+,28-,29-,30-,31-/m1/s1. The molecule has 5 aliphatic carbocycles. The second-order valence-corrected chi connectivity index (χ2v) is 16.3. The van der Waals surface area contributed by atoms with Gasteiger partial charge in [0.2, 0.25) is 0 Å². The van der Waals surface area contributed by atoms with Crippen molar-refractivity contribution < 1.29 is 0 Å². The lowest BCUT2D eigenvalue weighted by Crippen LogP contribution is -2.68. The molecule has 0 aliphatic heterocycles. The number of fused-ring (bicyclic) bond motifs is 7. The van der Waals surface area contributed by atoms with Crippen LogP contribution in [0.3, 0.4) is 0 Å². The van der Waals surface area contributed by atoms with E-state index in [0.717, 1.165) is 41.4 Å². The maximum Gasteiger partial charge on any atom is 0.00711 e. The van der Waals surface area contributed by atoms with Gasteiger partial charge in [-0.25, -0.2) is 0 Å². The van der Waals surface area contributed by atoms with Gasteiger partial charge in [-0.1, -0.05) is 62.3 Å². The Morgan fingerprint density at radius 1 is 0.688 bits per heavy atom. The molecule has 0 nitrogen and oxygen atoms in total. The molecule has 0 bridgehead atoms. The van der Waals surface area contributed by atoms with Crippen LogP contribution in [-0.2, 0) is 0 Å². The van der Waals surface area contributed by atoms with Crippen LogP contribution in [0, 0.1) is 68.5 Å². The Morgan fingerprint density at radius 2 is 1.38 bits per heavy atom. The number of hydrogen-bond acceptors (Lipinski definition) is 1. The van der Waals surface area contributed by atoms with Gasteiger partial charge >= 0.3 is 0 Å². The van der Waals surface area contributed by atoms with Gasteiger partial charge in [0, 0.05) is 5.25 Å². The van der Waals surface area contributed by atoms with Gasteiger partial charge in [-0.3, -0.25) is 0 Å². The Bertz CT molecular complexity index is 756. The van der Waals surface area contributed by atoms with Gasteiger partial charge in [-0.15, -0.1) is 0 Å².